The number of oxime groups is 1. The summed E-state index contributed by atoms with van der Waals surface area (Å²) in [5.41, 5.74) is -3.11. The highest BCUT2D eigenvalue weighted by molar-refractivity contribution is 5.79. The highest BCUT2D eigenvalue weighted by atomic mass is 16.7. The van der Waals surface area contributed by atoms with Gasteiger partial charge in [-0.25, -0.2) is 0 Å². The van der Waals surface area contributed by atoms with Crippen LogP contribution in [0.4, 0.5) is 0 Å². The number of rotatable bonds is 70. The lowest BCUT2D eigenvalue weighted by Crippen LogP contribution is -2.69. The fraction of sp³-hybridized carbons (Fsp3) is 0.864. The summed E-state index contributed by atoms with van der Waals surface area (Å²) in [6.07, 6.45) is 5.60. The maximum atomic E-state index is 14.1. The fourth-order valence-corrected chi connectivity index (χ4v) is 14.4. The SMILES string of the molecule is CC(=O)NC1CC(O)[C@H](O)C(CO)CO[C@@H]1OCCCCC(=O)NCCCNC(=O)CCOCC(COCCC(=O)NCCCNC(=O)CCCCO[C@H]1OCC(CO)[C@@H](O)C(O)CC1NC(C)=O)(COCCC(=O)NCCCNC(=O)CCCCO[C@H]1OC(CO)[C@@](C)(O)[C@@H](O)C1NC(C)=O)NC(=O)CCCCCCCCCCCCNC(=O)CON=CCCC(C)(C)C. The molecule has 11 amide bonds. The summed E-state index contributed by atoms with van der Waals surface area (Å²) in [4.78, 5) is 145. The third kappa shape index (κ3) is 53.7. The first-order chi connectivity index (χ1) is 62.1. The van der Waals surface area contributed by atoms with E-state index in [4.69, 9.17) is 47.5 Å². The molecule has 0 spiro atoms. The average molecular weight is 1870 g/mol. The molecule has 3 saturated heterocycles. The van der Waals surface area contributed by atoms with Crippen LogP contribution in [0.1, 0.15) is 241 Å². The van der Waals surface area contributed by atoms with Gasteiger partial charge in [-0.2, -0.15) is 0 Å². The Morgan fingerprint density at radius 2 is 0.769 bits per heavy atom. The molecule has 0 radical (unpaired) electrons. The van der Waals surface area contributed by atoms with E-state index in [1.54, 1.807) is 6.21 Å². The van der Waals surface area contributed by atoms with Crippen LogP contribution in [-0.2, 0) is 100 Å². The lowest BCUT2D eigenvalue weighted by molar-refractivity contribution is -0.299. The Morgan fingerprint density at radius 1 is 0.423 bits per heavy atom. The van der Waals surface area contributed by atoms with Crippen molar-refractivity contribution in [2.24, 2.45) is 22.4 Å². The van der Waals surface area contributed by atoms with E-state index in [0.717, 1.165) is 70.6 Å². The minimum absolute atomic E-state index is 0.0695. The smallest absolute Gasteiger partial charge is 0.260 e. The maximum Gasteiger partial charge on any atom is 0.260 e. The van der Waals surface area contributed by atoms with E-state index >= 15 is 0 Å². The van der Waals surface area contributed by atoms with Crippen LogP contribution in [0.3, 0.4) is 0 Å². The second kappa shape index (κ2) is 68.8. The zero-order chi connectivity index (χ0) is 96.0. The van der Waals surface area contributed by atoms with Gasteiger partial charge >= 0.3 is 0 Å². The molecule has 3 rings (SSSR count). The first kappa shape index (κ1) is 117. The van der Waals surface area contributed by atoms with E-state index in [-0.39, 0.29) is 229 Å². The van der Waals surface area contributed by atoms with Crippen molar-refractivity contribution < 1.29 is 146 Å². The molecule has 0 bridgehead atoms. The molecule has 0 saturated carbocycles. The fourth-order valence-electron chi connectivity index (χ4n) is 14.4. The molecule has 130 heavy (non-hydrogen) atoms. The minimum atomic E-state index is -1.88. The number of aliphatic hydroxyl groups is 9. The van der Waals surface area contributed by atoms with Crippen molar-refractivity contribution in [3.8, 4) is 0 Å². The number of aliphatic hydroxyl groups excluding tert-OH is 8. The van der Waals surface area contributed by atoms with Gasteiger partial charge in [-0.1, -0.05) is 77.3 Å². The number of nitrogens with zero attached hydrogens (tertiary/aromatic N) is 1. The standard InChI is InChI=1S/C88H160N12O30/c1-61(104)97-66-50-68(107)80(117)64(52-101)55-127-83(66)124-44-21-17-28-71(109)89-37-25-40-92-74(112)32-47-121-58-88(100-77(115)31-16-14-12-10-8-9-11-13-15-20-36-95-78(116)57-129-96-43-24-35-86(4,5)6,60-123-49-34-76(114)94-42-27-39-91-73(111)30-19-23-46-126-85-79(99-63(3)106)82(119)87(7,120)70(54-103)130-85)59-122-48-33-75(113)93-41-26-38-90-72(110)29-18-22-45-125-84-67(98-62(2)105)51-69(108)81(118)65(53-102)56-128-84/h43,64-70,79-85,101-103,107-108,117-120H,8-42,44-60H2,1-7H3,(H,89,109)(H,90,110)(H,91,111)(H,92,112)(H,93,113)(H,94,114)(H,95,116)(H,97,104)(H,98,105)(H,99,106)(H,100,115)/t64?,65?,66?,67?,68?,69?,70?,79?,80-,81-,82+,83+,84+,85+,87-,88?/m1/s1. The predicted molar refractivity (Wildman–Crippen MR) is 475 cm³/mol. The van der Waals surface area contributed by atoms with Gasteiger partial charge in [0.15, 0.2) is 25.5 Å². The van der Waals surface area contributed by atoms with Gasteiger partial charge in [0.2, 0.25) is 59.1 Å². The largest absolute Gasteiger partial charge is 0.396 e. The van der Waals surface area contributed by atoms with Crippen molar-refractivity contribution in [1.29, 1.82) is 0 Å². The highest BCUT2D eigenvalue weighted by Crippen LogP contribution is 2.31. The van der Waals surface area contributed by atoms with E-state index in [0.29, 0.717) is 70.8 Å². The number of hydrogen-bond acceptors (Lipinski definition) is 31. The Bertz CT molecular complexity index is 3120. The molecule has 8 unspecified atom stereocenters. The molecule has 3 heterocycles. The van der Waals surface area contributed by atoms with E-state index in [1.807, 2.05) is 0 Å². The number of hydrogen-bond donors (Lipinski definition) is 20. The van der Waals surface area contributed by atoms with E-state index in [2.05, 4.69) is 84.4 Å². The quantitative estimate of drug-likeness (QED) is 0.0202. The summed E-state index contributed by atoms with van der Waals surface area (Å²) in [7, 11) is 0. The van der Waals surface area contributed by atoms with Gasteiger partial charge in [0.05, 0.1) is 109 Å². The van der Waals surface area contributed by atoms with Crippen LogP contribution in [-0.4, -0.2) is 347 Å². The number of carbonyl (C=O) groups excluding carboxylic acids is 11. The Hall–Kier alpha value is -7.08. The monoisotopic (exact) mass is 1870 g/mol. The summed E-state index contributed by atoms with van der Waals surface area (Å²) >= 11 is 0. The molecule has 752 valence electrons. The van der Waals surface area contributed by atoms with Crippen molar-refractivity contribution in [1.82, 2.24) is 58.5 Å². The van der Waals surface area contributed by atoms with Gasteiger partial charge < -0.3 is 152 Å². The number of unbranched alkanes of at least 4 members (excludes halogenated alkanes) is 12. The van der Waals surface area contributed by atoms with Gasteiger partial charge in [-0.15, -0.1) is 0 Å². The molecule has 0 aromatic carbocycles. The van der Waals surface area contributed by atoms with Crippen LogP contribution < -0.4 is 58.5 Å². The topological polar surface area (TPSA) is 607 Å². The maximum absolute atomic E-state index is 14.1. The minimum Gasteiger partial charge on any atom is -0.396 e. The Labute approximate surface area is 765 Å². The molecular formula is C88H160N12O30. The number of carbonyl (C=O) groups is 11. The van der Waals surface area contributed by atoms with Gasteiger partial charge in [-0.3, -0.25) is 52.7 Å². The lowest BCUT2D eigenvalue weighted by atomic mass is 9.84. The van der Waals surface area contributed by atoms with Crippen molar-refractivity contribution in [3.05, 3.63) is 0 Å². The van der Waals surface area contributed by atoms with Crippen LogP contribution >= 0.6 is 0 Å². The summed E-state index contributed by atoms with van der Waals surface area (Å²) in [6.45, 7) is 11.0. The normalized spacial score (nSPS) is 23.5. The Morgan fingerprint density at radius 3 is 1.15 bits per heavy atom. The third-order valence-electron chi connectivity index (χ3n) is 22.0. The average Bonchev–Trinajstić information content (AvgIpc) is 0.772. The molecule has 0 aliphatic carbocycles. The molecule has 42 nitrogen and oxygen atoms in total. The predicted octanol–water partition coefficient (Wildman–Crippen LogP) is -0.778. The van der Waals surface area contributed by atoms with Crippen LogP contribution in [0, 0.1) is 17.3 Å². The molecule has 0 aromatic rings. The van der Waals surface area contributed by atoms with E-state index in [9.17, 15) is 98.7 Å². The lowest BCUT2D eigenvalue weighted by Gasteiger charge is -2.47. The summed E-state index contributed by atoms with van der Waals surface area (Å²) in [5.74, 6) is -5.17. The number of ether oxygens (including phenoxy) is 9. The molecule has 3 fully saturated rings. The molecule has 42 heteroatoms. The molecule has 0 aromatic heterocycles. The third-order valence-corrected chi connectivity index (χ3v) is 22.0. The van der Waals surface area contributed by atoms with Gasteiger partial charge in [0, 0.05) is 162 Å². The highest BCUT2D eigenvalue weighted by Gasteiger charge is 2.53. The first-order valence-corrected chi connectivity index (χ1v) is 46.7. The molecular weight excluding hydrogens is 1710 g/mol. The molecule has 15 atom stereocenters. The first-order valence-electron chi connectivity index (χ1n) is 46.7. The number of amides is 11. The van der Waals surface area contributed by atoms with Crippen LogP contribution in [0.5, 0.6) is 0 Å². The van der Waals surface area contributed by atoms with Gasteiger partial charge in [0.25, 0.3) is 5.91 Å². The van der Waals surface area contributed by atoms with Crippen molar-refractivity contribution >= 4 is 71.2 Å². The Balaban J connectivity index is 1.60. The van der Waals surface area contributed by atoms with Gasteiger partial charge in [-0.05, 0) is 95.8 Å². The summed E-state index contributed by atoms with van der Waals surface area (Å²) in [6, 6.07) is -2.69. The second-order valence-electron chi connectivity index (χ2n) is 35.2. The van der Waals surface area contributed by atoms with Crippen LogP contribution in [0.15, 0.2) is 5.16 Å². The summed E-state index contributed by atoms with van der Waals surface area (Å²) < 4.78 is 53.3. The zero-order valence-corrected chi connectivity index (χ0v) is 78.0. The van der Waals surface area contributed by atoms with Crippen molar-refractivity contribution in [3.63, 3.8) is 0 Å². The Kier molecular flexibility index (Phi) is 62.0. The van der Waals surface area contributed by atoms with E-state index < -0.39 is 134 Å². The molecule has 20 N–H and O–H groups in total. The van der Waals surface area contributed by atoms with Crippen molar-refractivity contribution in [2.45, 2.75) is 326 Å². The molecule has 3 aliphatic rings. The molecule has 3 aliphatic heterocycles. The summed E-state index contributed by atoms with van der Waals surface area (Å²) in [5, 5.41) is 127. The zero-order valence-electron chi connectivity index (χ0n) is 78.0. The van der Waals surface area contributed by atoms with Crippen molar-refractivity contribution in [2.75, 3.05) is 145 Å². The second-order valence-corrected chi connectivity index (χ2v) is 35.2. The van der Waals surface area contributed by atoms with Crippen LogP contribution in [0.25, 0.3) is 0 Å². The van der Waals surface area contributed by atoms with Crippen LogP contribution in [0.2, 0.25) is 0 Å². The number of nitrogens with one attached hydrogen (secondary N) is 11. The van der Waals surface area contributed by atoms with Gasteiger partial charge in [0.1, 0.15) is 29.4 Å². The van der Waals surface area contributed by atoms with E-state index in [1.165, 1.54) is 27.7 Å².